The van der Waals surface area contributed by atoms with Crippen LogP contribution in [0.5, 0.6) is 0 Å². The van der Waals surface area contributed by atoms with Crippen molar-refractivity contribution in [1.82, 2.24) is 16.2 Å². The van der Waals surface area contributed by atoms with E-state index in [-0.39, 0.29) is 0 Å². The van der Waals surface area contributed by atoms with Crippen LogP contribution in [0.2, 0.25) is 0 Å². The summed E-state index contributed by atoms with van der Waals surface area (Å²) in [6.45, 7) is 0.549. The molecule has 1 amide bonds. The van der Waals surface area contributed by atoms with Crippen LogP contribution in [0.1, 0.15) is 5.56 Å². The fourth-order valence-corrected chi connectivity index (χ4v) is 1.98. The Morgan fingerprint density at radius 1 is 1.21 bits per heavy atom. The van der Waals surface area contributed by atoms with E-state index in [0.29, 0.717) is 18.1 Å². The molecule has 0 fully saturated rings. The molecule has 0 spiro atoms. The third-order valence-electron chi connectivity index (χ3n) is 2.73. The van der Waals surface area contributed by atoms with E-state index >= 15 is 0 Å². The van der Waals surface area contributed by atoms with Gasteiger partial charge < -0.3 is 5.32 Å². The van der Waals surface area contributed by atoms with Crippen LogP contribution in [0.3, 0.4) is 0 Å². The van der Waals surface area contributed by atoms with Gasteiger partial charge in [-0.3, -0.25) is 15.6 Å². The summed E-state index contributed by atoms with van der Waals surface area (Å²) >= 11 is 5.00. The molecule has 0 aromatic heterocycles. The van der Waals surface area contributed by atoms with Gasteiger partial charge in [-0.1, -0.05) is 41.9 Å². The molecular formula is C13H12BN3OS. The number of rotatable bonds is 4. The first-order chi connectivity index (χ1) is 9.22. The molecule has 0 aliphatic carbocycles. The number of hydrogen-bond acceptors (Lipinski definition) is 2. The molecule has 4 nitrogen and oxygen atoms in total. The molecule has 0 atom stereocenters. The highest BCUT2D eigenvalue weighted by molar-refractivity contribution is 7.80. The van der Waals surface area contributed by atoms with E-state index in [9.17, 15) is 4.79 Å². The van der Waals surface area contributed by atoms with Gasteiger partial charge in [0.15, 0.2) is 5.11 Å². The number of nitrogens with one attached hydrogen (secondary N) is 3. The van der Waals surface area contributed by atoms with Gasteiger partial charge in [0, 0.05) is 6.54 Å². The summed E-state index contributed by atoms with van der Waals surface area (Å²) < 4.78 is 0. The zero-order valence-corrected chi connectivity index (χ0v) is 11.0. The summed E-state index contributed by atoms with van der Waals surface area (Å²) in [7, 11) is 5.94. The molecular weight excluding hydrogens is 257 g/mol. The second-order valence-electron chi connectivity index (χ2n) is 3.93. The first-order valence-corrected chi connectivity index (χ1v) is 6.12. The van der Waals surface area contributed by atoms with Crippen LogP contribution < -0.4 is 21.6 Å². The lowest BCUT2D eigenvalue weighted by Gasteiger charge is -2.12. The Bertz CT molecular complexity index is 618. The zero-order valence-electron chi connectivity index (χ0n) is 10.1. The normalized spacial score (nSPS) is 9.89. The molecule has 19 heavy (non-hydrogen) atoms. The van der Waals surface area contributed by atoms with Crippen LogP contribution in [0.4, 0.5) is 0 Å². The molecule has 94 valence electrons. The van der Waals surface area contributed by atoms with Crippen LogP contribution in [0.15, 0.2) is 36.4 Å². The Labute approximate surface area is 117 Å². The van der Waals surface area contributed by atoms with Gasteiger partial charge in [0.25, 0.3) is 0 Å². The highest BCUT2D eigenvalue weighted by Gasteiger charge is 2.03. The Hall–Kier alpha value is -2.08. The maximum atomic E-state index is 10.1. The molecule has 0 heterocycles. The molecule has 0 saturated heterocycles. The van der Waals surface area contributed by atoms with Crippen LogP contribution in [0, 0.1) is 0 Å². The van der Waals surface area contributed by atoms with Crippen molar-refractivity contribution in [2.45, 2.75) is 6.54 Å². The summed E-state index contributed by atoms with van der Waals surface area (Å²) in [4.78, 5) is 10.1. The molecule has 2 aromatic rings. The predicted octanol–water partition coefficient (Wildman–Crippen LogP) is 0.259. The van der Waals surface area contributed by atoms with E-state index in [2.05, 4.69) is 16.2 Å². The maximum absolute atomic E-state index is 10.1. The van der Waals surface area contributed by atoms with Crippen molar-refractivity contribution in [1.29, 1.82) is 0 Å². The Morgan fingerprint density at radius 3 is 2.68 bits per heavy atom. The number of fused-ring (bicyclic) bond motifs is 1. The van der Waals surface area contributed by atoms with Crippen LogP contribution >= 0.6 is 12.2 Å². The second-order valence-corrected chi connectivity index (χ2v) is 4.34. The van der Waals surface area contributed by atoms with E-state index in [1.165, 1.54) is 0 Å². The number of benzene rings is 2. The molecule has 6 heteroatoms. The molecule has 0 bridgehead atoms. The highest BCUT2D eigenvalue weighted by atomic mass is 32.1. The average Bonchev–Trinajstić information content (AvgIpc) is 2.45. The topological polar surface area (TPSA) is 53.2 Å². The van der Waals surface area contributed by atoms with Crippen molar-refractivity contribution in [3.8, 4) is 0 Å². The lowest BCUT2D eigenvalue weighted by atomic mass is 9.88. The van der Waals surface area contributed by atoms with Crippen LogP contribution in [-0.2, 0) is 11.3 Å². The Morgan fingerprint density at radius 2 is 1.95 bits per heavy atom. The van der Waals surface area contributed by atoms with E-state index < -0.39 is 0 Å². The van der Waals surface area contributed by atoms with Crippen molar-refractivity contribution >= 4 is 47.8 Å². The lowest BCUT2D eigenvalue weighted by Crippen LogP contribution is -2.42. The molecule has 2 radical (unpaired) electrons. The number of amides is 1. The molecule has 0 unspecified atom stereocenters. The van der Waals surface area contributed by atoms with Gasteiger partial charge in [0.1, 0.15) is 7.85 Å². The number of hydrazine groups is 1. The predicted molar refractivity (Wildman–Crippen MR) is 81.1 cm³/mol. The third kappa shape index (κ3) is 3.23. The zero-order chi connectivity index (χ0) is 13.7. The second kappa shape index (κ2) is 6.20. The van der Waals surface area contributed by atoms with Crippen molar-refractivity contribution in [3.05, 3.63) is 42.0 Å². The Balaban J connectivity index is 2.15. The minimum atomic E-state index is 0.355. The lowest BCUT2D eigenvalue weighted by molar-refractivity contribution is -0.110. The summed E-state index contributed by atoms with van der Waals surface area (Å²) in [5.41, 5.74) is 6.65. The molecule has 2 rings (SSSR count). The average molecular weight is 269 g/mol. The van der Waals surface area contributed by atoms with Gasteiger partial charge in [-0.2, -0.15) is 0 Å². The smallest absolute Gasteiger partial charge is 0.225 e. The van der Waals surface area contributed by atoms with E-state index in [1.807, 2.05) is 36.4 Å². The summed E-state index contributed by atoms with van der Waals surface area (Å²) in [5, 5.41) is 5.46. The highest BCUT2D eigenvalue weighted by Crippen LogP contribution is 2.16. The number of carbonyl (C=O) groups excluding carboxylic acids is 1. The monoisotopic (exact) mass is 269 g/mol. The minimum Gasteiger partial charge on any atom is -0.357 e. The molecule has 2 aromatic carbocycles. The first-order valence-electron chi connectivity index (χ1n) is 5.71. The first kappa shape index (κ1) is 13.4. The number of hydrogen-bond donors (Lipinski definition) is 3. The van der Waals surface area contributed by atoms with Crippen molar-refractivity contribution < 1.29 is 4.79 Å². The molecule has 0 aliphatic rings. The van der Waals surface area contributed by atoms with Gasteiger partial charge in [0.05, 0.1) is 0 Å². The third-order valence-corrected chi connectivity index (χ3v) is 2.98. The van der Waals surface area contributed by atoms with E-state index in [0.717, 1.165) is 21.8 Å². The summed E-state index contributed by atoms with van der Waals surface area (Å²) in [5.74, 6) is 0. The van der Waals surface area contributed by atoms with Crippen molar-refractivity contribution in [2.75, 3.05) is 0 Å². The maximum Gasteiger partial charge on any atom is 0.225 e. The largest absolute Gasteiger partial charge is 0.357 e. The van der Waals surface area contributed by atoms with Crippen LogP contribution in [0.25, 0.3) is 10.8 Å². The molecule has 0 aliphatic heterocycles. The fourth-order valence-electron chi connectivity index (χ4n) is 1.85. The van der Waals surface area contributed by atoms with Gasteiger partial charge in [-0.05, 0) is 28.6 Å². The molecule has 0 saturated carbocycles. The van der Waals surface area contributed by atoms with Crippen molar-refractivity contribution in [2.24, 2.45) is 0 Å². The van der Waals surface area contributed by atoms with Crippen LogP contribution in [-0.4, -0.2) is 19.4 Å². The van der Waals surface area contributed by atoms with Gasteiger partial charge >= 0.3 is 0 Å². The fraction of sp³-hybridized carbons (Fsp3) is 0.0769. The minimum absolute atomic E-state index is 0.355. The van der Waals surface area contributed by atoms with E-state index in [4.69, 9.17) is 20.1 Å². The summed E-state index contributed by atoms with van der Waals surface area (Å²) in [6.07, 6.45) is 0.520. The molecule has 3 N–H and O–H groups in total. The summed E-state index contributed by atoms with van der Waals surface area (Å²) in [6, 6.07) is 11.8. The SMILES string of the molecule is [B]c1ccc(CNC(=S)NNC=O)c2ccccc12. The van der Waals surface area contributed by atoms with Gasteiger partial charge in [0.2, 0.25) is 6.41 Å². The number of carbonyl (C=O) groups is 1. The standard InChI is InChI=1S/C13H12BN3OS/c14-12-6-5-9(7-15-13(19)17-16-8-18)10-3-1-2-4-11(10)12/h1-6,8H,7H2,(H,16,18)(H2,15,17,19). The van der Waals surface area contributed by atoms with Gasteiger partial charge in [-0.15, -0.1) is 0 Å². The van der Waals surface area contributed by atoms with E-state index in [1.54, 1.807) is 0 Å². The number of thiocarbonyl (C=S) groups is 1. The van der Waals surface area contributed by atoms with Crippen molar-refractivity contribution in [3.63, 3.8) is 0 Å². The quantitative estimate of drug-likeness (QED) is 0.322. The van der Waals surface area contributed by atoms with Gasteiger partial charge in [-0.25, -0.2) is 0 Å². The Kier molecular flexibility index (Phi) is 4.36.